The van der Waals surface area contributed by atoms with Crippen LogP contribution < -0.4 is 15.5 Å². The van der Waals surface area contributed by atoms with Crippen molar-refractivity contribution in [3.8, 4) is 12.3 Å². The molecule has 1 aliphatic heterocycles. The van der Waals surface area contributed by atoms with E-state index < -0.39 is 12.1 Å². The van der Waals surface area contributed by atoms with E-state index in [0.29, 0.717) is 17.2 Å². The number of hydrogen-bond acceptors (Lipinski definition) is 5. The van der Waals surface area contributed by atoms with Crippen LogP contribution in [-0.2, 0) is 4.79 Å². The molecule has 0 spiro atoms. The van der Waals surface area contributed by atoms with Crippen molar-refractivity contribution in [1.82, 2.24) is 10.3 Å². The summed E-state index contributed by atoms with van der Waals surface area (Å²) in [7, 11) is 0. The third-order valence-electron chi connectivity index (χ3n) is 4.54. The van der Waals surface area contributed by atoms with Crippen LogP contribution in [0.25, 0.3) is 0 Å². The van der Waals surface area contributed by atoms with Crippen LogP contribution >= 0.6 is 11.3 Å². The number of carbonyl (C=O) groups is 2. The van der Waals surface area contributed by atoms with Gasteiger partial charge in [-0.25, -0.2) is 9.78 Å². The molecular weight excluding hydrogens is 376 g/mol. The molecule has 2 heterocycles. The summed E-state index contributed by atoms with van der Waals surface area (Å²) in [6, 6.07) is 6.25. The number of nitrogens with zero attached hydrogens (tertiary/aromatic N) is 2. The number of aliphatic hydroxyl groups excluding tert-OH is 1. The second kappa shape index (κ2) is 9.35. The number of aliphatic hydroxyl groups is 1. The van der Waals surface area contributed by atoms with E-state index in [-0.39, 0.29) is 12.5 Å². The molecule has 0 bridgehead atoms. The lowest BCUT2D eigenvalue weighted by Gasteiger charge is -2.22. The molecule has 28 heavy (non-hydrogen) atoms. The van der Waals surface area contributed by atoms with Crippen LogP contribution in [0.2, 0.25) is 0 Å². The summed E-state index contributed by atoms with van der Waals surface area (Å²) in [5, 5.41) is 17.1. The first-order valence-electron chi connectivity index (χ1n) is 9.11. The lowest BCUT2D eigenvalue weighted by Crippen LogP contribution is -2.34. The van der Waals surface area contributed by atoms with Crippen molar-refractivity contribution < 1.29 is 14.7 Å². The molecule has 3 rings (SSSR count). The smallest absolute Gasteiger partial charge is 0.320 e. The highest BCUT2D eigenvalue weighted by molar-refractivity contribution is 7.10. The fourth-order valence-corrected chi connectivity index (χ4v) is 3.64. The lowest BCUT2D eigenvalue weighted by atomic mass is 10.1. The van der Waals surface area contributed by atoms with Gasteiger partial charge < -0.3 is 15.3 Å². The standard InChI is InChI=1S/C20H22N4O3S/c1-2-18-22-17(13-28-18)23-20(27)21-16(12-25)14-7-9-15(10-8-14)24-11-5-3-4-6-19(24)26/h1,7-10,13,16,25H,3-6,11-12H2,(H2,21,23,27)/t16-/m0/s1. The maximum absolute atomic E-state index is 12.2. The van der Waals surface area contributed by atoms with Crippen molar-refractivity contribution in [2.45, 2.75) is 31.7 Å². The Bertz CT molecular complexity index is 872. The molecule has 8 heteroatoms. The van der Waals surface area contributed by atoms with Gasteiger partial charge in [-0.1, -0.05) is 18.6 Å². The van der Waals surface area contributed by atoms with Crippen LogP contribution in [0.4, 0.5) is 16.3 Å². The van der Waals surface area contributed by atoms with E-state index >= 15 is 0 Å². The number of rotatable bonds is 5. The number of thiazole rings is 1. The first-order chi connectivity index (χ1) is 13.6. The van der Waals surface area contributed by atoms with Gasteiger partial charge in [-0.05, 0) is 36.5 Å². The molecule has 146 valence electrons. The Hall–Kier alpha value is -2.89. The Morgan fingerprint density at radius 3 is 2.79 bits per heavy atom. The van der Waals surface area contributed by atoms with E-state index in [1.54, 1.807) is 10.3 Å². The number of hydrogen-bond donors (Lipinski definition) is 3. The van der Waals surface area contributed by atoms with Gasteiger partial charge in [0.25, 0.3) is 0 Å². The number of urea groups is 1. The Morgan fingerprint density at radius 2 is 2.11 bits per heavy atom. The van der Waals surface area contributed by atoms with E-state index in [1.807, 2.05) is 24.3 Å². The number of benzene rings is 1. The van der Waals surface area contributed by atoms with Crippen LogP contribution in [-0.4, -0.2) is 35.2 Å². The van der Waals surface area contributed by atoms with Crippen molar-refractivity contribution in [1.29, 1.82) is 0 Å². The van der Waals surface area contributed by atoms with E-state index in [4.69, 9.17) is 6.42 Å². The number of anilines is 2. The molecule has 3 amide bonds. The molecule has 0 aliphatic carbocycles. The van der Waals surface area contributed by atoms with Crippen LogP contribution in [0.1, 0.15) is 42.3 Å². The molecule has 3 N–H and O–H groups in total. The zero-order valence-corrected chi connectivity index (χ0v) is 16.2. The van der Waals surface area contributed by atoms with Crippen molar-refractivity contribution in [2.24, 2.45) is 0 Å². The monoisotopic (exact) mass is 398 g/mol. The third kappa shape index (κ3) is 4.88. The van der Waals surface area contributed by atoms with Gasteiger partial charge in [-0.15, -0.1) is 17.8 Å². The van der Waals surface area contributed by atoms with Gasteiger partial charge in [0.05, 0.1) is 12.6 Å². The van der Waals surface area contributed by atoms with Crippen molar-refractivity contribution >= 4 is 34.8 Å². The minimum absolute atomic E-state index is 0.135. The van der Waals surface area contributed by atoms with Crippen molar-refractivity contribution in [2.75, 3.05) is 23.4 Å². The lowest BCUT2D eigenvalue weighted by molar-refractivity contribution is -0.118. The summed E-state index contributed by atoms with van der Waals surface area (Å²) in [5.41, 5.74) is 1.58. The minimum Gasteiger partial charge on any atom is -0.394 e. The highest BCUT2D eigenvalue weighted by atomic mass is 32.1. The maximum Gasteiger partial charge on any atom is 0.320 e. The Morgan fingerprint density at radius 1 is 1.32 bits per heavy atom. The van der Waals surface area contributed by atoms with Gasteiger partial charge in [0.2, 0.25) is 5.91 Å². The molecule has 2 aromatic rings. The van der Waals surface area contributed by atoms with Crippen LogP contribution in [0.15, 0.2) is 29.6 Å². The van der Waals surface area contributed by atoms with Gasteiger partial charge >= 0.3 is 6.03 Å². The predicted molar refractivity (Wildman–Crippen MR) is 109 cm³/mol. The van der Waals surface area contributed by atoms with E-state index in [2.05, 4.69) is 21.5 Å². The molecule has 0 unspecified atom stereocenters. The van der Waals surface area contributed by atoms with E-state index in [9.17, 15) is 14.7 Å². The number of carbonyl (C=O) groups excluding carboxylic acids is 2. The normalized spacial score (nSPS) is 15.4. The topological polar surface area (TPSA) is 94.6 Å². The van der Waals surface area contributed by atoms with Gasteiger partial charge in [-0.2, -0.15) is 0 Å². The molecule has 1 atom stereocenters. The average Bonchev–Trinajstić information content (AvgIpc) is 3.05. The minimum atomic E-state index is -0.584. The molecule has 0 radical (unpaired) electrons. The van der Waals surface area contributed by atoms with Crippen molar-refractivity contribution in [3.63, 3.8) is 0 Å². The van der Waals surface area contributed by atoms with Gasteiger partial charge in [0.1, 0.15) is 5.82 Å². The summed E-state index contributed by atoms with van der Waals surface area (Å²) in [4.78, 5) is 30.3. The molecule has 1 saturated heterocycles. The summed E-state index contributed by atoms with van der Waals surface area (Å²) < 4.78 is 0. The van der Waals surface area contributed by atoms with E-state index in [1.165, 1.54) is 11.3 Å². The highest BCUT2D eigenvalue weighted by Gasteiger charge is 2.19. The SMILES string of the molecule is C#Cc1nc(NC(=O)N[C@@H](CO)c2ccc(N3CCCCCC3=O)cc2)cs1. The third-order valence-corrected chi connectivity index (χ3v) is 5.31. The summed E-state index contributed by atoms with van der Waals surface area (Å²) >= 11 is 1.26. The van der Waals surface area contributed by atoms with Crippen LogP contribution in [0, 0.1) is 12.3 Å². The average molecular weight is 398 g/mol. The molecule has 1 aromatic heterocycles. The van der Waals surface area contributed by atoms with Crippen LogP contribution in [0.3, 0.4) is 0 Å². The molecule has 1 aliphatic rings. The highest BCUT2D eigenvalue weighted by Crippen LogP contribution is 2.23. The second-order valence-corrected chi connectivity index (χ2v) is 7.32. The first-order valence-corrected chi connectivity index (χ1v) is 9.99. The van der Waals surface area contributed by atoms with Gasteiger partial charge in [0.15, 0.2) is 5.01 Å². The molecule has 7 nitrogen and oxygen atoms in total. The number of nitrogens with one attached hydrogen (secondary N) is 2. The fourth-order valence-electron chi connectivity index (χ4n) is 3.08. The summed E-state index contributed by atoms with van der Waals surface area (Å²) in [6.07, 6.45) is 8.82. The quantitative estimate of drug-likeness (QED) is 0.675. The molecular formula is C20H22N4O3S. The zero-order valence-electron chi connectivity index (χ0n) is 15.4. The Labute approximate surface area is 167 Å². The number of terminal acetylenes is 1. The number of aromatic nitrogens is 1. The fraction of sp³-hybridized carbons (Fsp3) is 0.350. The van der Waals surface area contributed by atoms with E-state index in [0.717, 1.165) is 37.1 Å². The Balaban J connectivity index is 1.64. The number of amides is 3. The summed E-state index contributed by atoms with van der Waals surface area (Å²) in [6.45, 7) is 0.456. The Kier molecular flexibility index (Phi) is 6.63. The second-order valence-electron chi connectivity index (χ2n) is 6.46. The predicted octanol–water partition coefficient (Wildman–Crippen LogP) is 2.89. The maximum atomic E-state index is 12.2. The summed E-state index contributed by atoms with van der Waals surface area (Å²) in [5.74, 6) is 2.90. The van der Waals surface area contributed by atoms with Crippen LogP contribution in [0.5, 0.6) is 0 Å². The van der Waals surface area contributed by atoms with Gasteiger partial charge in [-0.3, -0.25) is 10.1 Å². The molecule has 1 aromatic carbocycles. The van der Waals surface area contributed by atoms with Crippen molar-refractivity contribution in [3.05, 3.63) is 40.2 Å². The molecule has 0 saturated carbocycles. The zero-order chi connectivity index (χ0) is 19.9. The van der Waals surface area contributed by atoms with Gasteiger partial charge in [0, 0.05) is 24.0 Å². The first kappa shape index (κ1) is 19.9. The largest absolute Gasteiger partial charge is 0.394 e. The molecule has 1 fully saturated rings.